The lowest BCUT2D eigenvalue weighted by molar-refractivity contribution is 0.0519. The van der Waals surface area contributed by atoms with Crippen LogP contribution in [-0.2, 0) is 4.74 Å². The molecule has 6 nitrogen and oxygen atoms in total. The normalized spacial score (nSPS) is 10.8. The van der Waals surface area contributed by atoms with Gasteiger partial charge in [0.25, 0.3) is 0 Å². The van der Waals surface area contributed by atoms with Crippen LogP contribution >= 0.6 is 0 Å². The zero-order chi connectivity index (χ0) is 17.5. The Kier molecular flexibility index (Phi) is 6.88. The van der Waals surface area contributed by atoms with Gasteiger partial charge in [0.2, 0.25) is 0 Å². The van der Waals surface area contributed by atoms with Crippen LogP contribution in [0, 0.1) is 0 Å². The standard InChI is InChI=1S/C17H25NO5/c1-6-21-13-7-8-14(12(2)19)15(11-13)22-10-9-18-16(20)23-17(3,4)5/h7-8,11H,6,9-10H2,1-5H3,(H,18,20). The lowest BCUT2D eigenvalue weighted by atomic mass is 10.1. The molecule has 0 bridgehead atoms. The van der Waals surface area contributed by atoms with Crippen LogP contribution in [0.3, 0.4) is 0 Å². The van der Waals surface area contributed by atoms with Crippen LogP contribution in [0.2, 0.25) is 0 Å². The Morgan fingerprint density at radius 3 is 2.43 bits per heavy atom. The number of amides is 1. The first-order valence-electron chi connectivity index (χ1n) is 7.60. The third-order valence-corrected chi connectivity index (χ3v) is 2.67. The first-order valence-corrected chi connectivity index (χ1v) is 7.60. The first kappa shape index (κ1) is 18.8. The van der Waals surface area contributed by atoms with Crippen molar-refractivity contribution in [3.8, 4) is 11.5 Å². The molecule has 23 heavy (non-hydrogen) atoms. The molecule has 0 saturated heterocycles. The molecule has 1 N–H and O–H groups in total. The van der Waals surface area contributed by atoms with Crippen LogP contribution in [0.15, 0.2) is 18.2 Å². The molecule has 6 heteroatoms. The summed E-state index contributed by atoms with van der Waals surface area (Å²) in [6, 6.07) is 5.07. The van der Waals surface area contributed by atoms with E-state index < -0.39 is 11.7 Å². The summed E-state index contributed by atoms with van der Waals surface area (Å²) in [5.41, 5.74) is -0.0656. The first-order chi connectivity index (χ1) is 10.7. The minimum absolute atomic E-state index is 0.0943. The Balaban J connectivity index is 2.57. The van der Waals surface area contributed by atoms with E-state index in [0.717, 1.165) is 0 Å². The number of hydrogen-bond acceptors (Lipinski definition) is 5. The number of ketones is 1. The summed E-state index contributed by atoms with van der Waals surface area (Å²) < 4.78 is 16.1. The predicted octanol–water partition coefficient (Wildman–Crippen LogP) is 3.19. The Morgan fingerprint density at radius 1 is 1.17 bits per heavy atom. The van der Waals surface area contributed by atoms with Gasteiger partial charge in [-0.2, -0.15) is 0 Å². The van der Waals surface area contributed by atoms with Crippen molar-refractivity contribution in [2.75, 3.05) is 19.8 Å². The molecule has 0 atom stereocenters. The summed E-state index contributed by atoms with van der Waals surface area (Å²) >= 11 is 0. The van der Waals surface area contributed by atoms with Gasteiger partial charge in [0.1, 0.15) is 23.7 Å². The molecule has 1 aromatic carbocycles. The number of Topliss-reactive ketones (excluding diaryl/α,β-unsaturated/α-hetero) is 1. The fourth-order valence-electron chi connectivity index (χ4n) is 1.80. The van der Waals surface area contributed by atoms with Crippen LogP contribution in [0.5, 0.6) is 11.5 Å². The molecule has 1 amide bonds. The number of carbonyl (C=O) groups excluding carboxylic acids is 2. The lowest BCUT2D eigenvalue weighted by Gasteiger charge is -2.19. The lowest BCUT2D eigenvalue weighted by Crippen LogP contribution is -2.34. The highest BCUT2D eigenvalue weighted by Crippen LogP contribution is 2.25. The number of benzene rings is 1. The SMILES string of the molecule is CCOc1ccc(C(C)=O)c(OCCNC(=O)OC(C)(C)C)c1. The molecule has 0 aliphatic heterocycles. The van der Waals surface area contributed by atoms with Crippen LogP contribution in [0.25, 0.3) is 0 Å². The van der Waals surface area contributed by atoms with Gasteiger partial charge in [-0.1, -0.05) is 0 Å². The number of nitrogens with one attached hydrogen (secondary N) is 1. The van der Waals surface area contributed by atoms with Gasteiger partial charge in [-0.05, 0) is 46.8 Å². The second-order valence-corrected chi connectivity index (χ2v) is 5.92. The molecule has 0 aromatic heterocycles. The van der Waals surface area contributed by atoms with Crippen molar-refractivity contribution in [3.63, 3.8) is 0 Å². The molecular weight excluding hydrogens is 298 g/mol. The number of ether oxygens (including phenoxy) is 3. The minimum Gasteiger partial charge on any atom is -0.494 e. The second-order valence-electron chi connectivity index (χ2n) is 5.92. The predicted molar refractivity (Wildman–Crippen MR) is 87.3 cm³/mol. The van der Waals surface area contributed by atoms with E-state index in [9.17, 15) is 9.59 Å². The number of alkyl carbamates (subject to hydrolysis) is 1. The largest absolute Gasteiger partial charge is 0.494 e. The maximum Gasteiger partial charge on any atom is 0.407 e. The van der Waals surface area contributed by atoms with Gasteiger partial charge >= 0.3 is 6.09 Å². The van der Waals surface area contributed by atoms with Crippen LogP contribution < -0.4 is 14.8 Å². The smallest absolute Gasteiger partial charge is 0.407 e. The molecule has 0 fully saturated rings. The third-order valence-electron chi connectivity index (χ3n) is 2.67. The number of rotatable bonds is 7. The third kappa shape index (κ3) is 7.04. The van der Waals surface area contributed by atoms with Gasteiger partial charge in [0.05, 0.1) is 18.7 Å². The van der Waals surface area contributed by atoms with E-state index in [0.29, 0.717) is 23.7 Å². The summed E-state index contributed by atoms with van der Waals surface area (Å²) in [6.07, 6.45) is -0.504. The molecule has 0 aliphatic rings. The van der Waals surface area contributed by atoms with Crippen molar-refractivity contribution >= 4 is 11.9 Å². The quantitative estimate of drug-likeness (QED) is 0.616. The van der Waals surface area contributed by atoms with Gasteiger partial charge in [-0.15, -0.1) is 0 Å². The van der Waals surface area contributed by atoms with E-state index in [1.807, 2.05) is 6.92 Å². The monoisotopic (exact) mass is 323 g/mol. The summed E-state index contributed by atoms with van der Waals surface area (Å²) in [6.45, 7) is 9.75. The summed E-state index contributed by atoms with van der Waals surface area (Å²) in [5, 5.41) is 2.60. The van der Waals surface area contributed by atoms with Crippen molar-refractivity contribution < 1.29 is 23.8 Å². The molecule has 128 valence electrons. The minimum atomic E-state index is -0.543. The van der Waals surface area contributed by atoms with E-state index >= 15 is 0 Å². The van der Waals surface area contributed by atoms with Crippen molar-refractivity contribution in [1.82, 2.24) is 5.32 Å². The highest BCUT2D eigenvalue weighted by molar-refractivity contribution is 5.97. The fraction of sp³-hybridized carbons (Fsp3) is 0.529. The maximum absolute atomic E-state index is 11.6. The van der Waals surface area contributed by atoms with E-state index in [-0.39, 0.29) is 18.9 Å². The van der Waals surface area contributed by atoms with Gasteiger partial charge in [-0.3, -0.25) is 4.79 Å². The van der Waals surface area contributed by atoms with Gasteiger partial charge in [-0.25, -0.2) is 4.79 Å². The molecule has 0 heterocycles. The zero-order valence-electron chi connectivity index (χ0n) is 14.4. The molecule has 0 unspecified atom stereocenters. The van der Waals surface area contributed by atoms with Crippen LogP contribution in [-0.4, -0.2) is 37.2 Å². The maximum atomic E-state index is 11.6. The van der Waals surface area contributed by atoms with Gasteiger partial charge in [0.15, 0.2) is 5.78 Å². The van der Waals surface area contributed by atoms with E-state index in [1.54, 1.807) is 39.0 Å². The van der Waals surface area contributed by atoms with Crippen LogP contribution in [0.4, 0.5) is 4.79 Å². The van der Waals surface area contributed by atoms with E-state index in [4.69, 9.17) is 14.2 Å². The summed E-state index contributed by atoms with van der Waals surface area (Å²) in [5.74, 6) is 0.977. The Morgan fingerprint density at radius 2 is 1.87 bits per heavy atom. The van der Waals surface area contributed by atoms with Crippen molar-refractivity contribution in [1.29, 1.82) is 0 Å². The Hall–Kier alpha value is -2.24. The zero-order valence-corrected chi connectivity index (χ0v) is 14.4. The average molecular weight is 323 g/mol. The summed E-state index contributed by atoms with van der Waals surface area (Å²) in [4.78, 5) is 23.1. The molecule has 0 aliphatic carbocycles. The number of hydrogen-bond donors (Lipinski definition) is 1. The highest BCUT2D eigenvalue weighted by atomic mass is 16.6. The Bertz CT molecular complexity index is 548. The summed E-state index contributed by atoms with van der Waals surface area (Å²) in [7, 11) is 0. The average Bonchev–Trinajstić information content (AvgIpc) is 2.42. The molecule has 0 radical (unpaired) electrons. The molecular formula is C17H25NO5. The van der Waals surface area contributed by atoms with Gasteiger partial charge < -0.3 is 19.5 Å². The molecule has 0 spiro atoms. The van der Waals surface area contributed by atoms with Crippen molar-refractivity contribution in [2.45, 2.75) is 40.2 Å². The van der Waals surface area contributed by atoms with E-state index in [1.165, 1.54) is 6.92 Å². The second kappa shape index (κ2) is 8.41. The van der Waals surface area contributed by atoms with Crippen LogP contribution in [0.1, 0.15) is 45.0 Å². The fourth-order valence-corrected chi connectivity index (χ4v) is 1.80. The Labute approximate surface area is 137 Å². The number of carbonyl (C=O) groups is 2. The molecule has 1 rings (SSSR count). The van der Waals surface area contributed by atoms with Crippen molar-refractivity contribution in [2.24, 2.45) is 0 Å². The molecule has 0 saturated carbocycles. The van der Waals surface area contributed by atoms with E-state index in [2.05, 4.69) is 5.32 Å². The van der Waals surface area contributed by atoms with Crippen molar-refractivity contribution in [3.05, 3.63) is 23.8 Å². The van der Waals surface area contributed by atoms with Gasteiger partial charge in [0, 0.05) is 6.07 Å². The molecule has 1 aromatic rings. The highest BCUT2D eigenvalue weighted by Gasteiger charge is 2.16. The topological polar surface area (TPSA) is 73.9 Å².